The van der Waals surface area contributed by atoms with Crippen LogP contribution in [0.3, 0.4) is 0 Å². The van der Waals surface area contributed by atoms with Gasteiger partial charge in [0.25, 0.3) is 0 Å². The highest BCUT2D eigenvalue weighted by Gasteiger charge is 2.56. The van der Waals surface area contributed by atoms with Gasteiger partial charge in [-0.2, -0.15) is 0 Å². The molecule has 1 heterocycles. The van der Waals surface area contributed by atoms with E-state index < -0.39 is 5.60 Å². The Morgan fingerprint density at radius 3 is 2.50 bits per heavy atom. The molecule has 4 heteroatoms. The summed E-state index contributed by atoms with van der Waals surface area (Å²) < 4.78 is 0. The number of allylic oxidation sites excluding steroid dienone is 3. The first kappa shape index (κ1) is 24.5. The lowest BCUT2D eigenvalue weighted by atomic mass is 9.54. The number of pyridine rings is 1. The zero-order chi connectivity index (χ0) is 26.1. The summed E-state index contributed by atoms with van der Waals surface area (Å²) in [6.45, 7) is 19.4. The number of aliphatic hydroxyl groups is 1. The molecule has 2 aromatic rings. The maximum absolute atomic E-state index is 12.5. The molecule has 0 bridgehead atoms. The van der Waals surface area contributed by atoms with Crippen molar-refractivity contribution >= 4 is 5.57 Å². The molecule has 0 amide bonds. The first-order valence-electron chi connectivity index (χ1n) is 12.7. The fraction of sp³-hybridized carbons (Fsp3) is 0.344. The number of hydrogen-bond acceptors (Lipinski definition) is 4. The third kappa shape index (κ3) is 3.24. The average molecular weight is 480 g/mol. The van der Waals surface area contributed by atoms with Gasteiger partial charge in [-0.05, 0) is 110 Å². The third-order valence-electron chi connectivity index (χ3n) is 8.89. The Bertz CT molecular complexity index is 1380. The van der Waals surface area contributed by atoms with Gasteiger partial charge in [-0.25, -0.2) is 0 Å². The fourth-order valence-corrected chi connectivity index (χ4v) is 7.49. The van der Waals surface area contributed by atoms with Crippen LogP contribution in [0, 0.1) is 18.8 Å². The van der Waals surface area contributed by atoms with E-state index in [-0.39, 0.29) is 17.9 Å². The number of nitrogens with two attached hydrogens (primary N) is 1. The molecular weight excluding hydrogens is 442 g/mol. The van der Waals surface area contributed by atoms with Crippen LogP contribution < -0.4 is 5.73 Å². The average Bonchev–Trinajstić information content (AvgIpc) is 2.81. The van der Waals surface area contributed by atoms with Gasteiger partial charge in [0.15, 0.2) is 0 Å². The number of benzene rings is 1. The molecular formula is C32H37N3O. The summed E-state index contributed by atoms with van der Waals surface area (Å²) in [5, 5.41) is 12.5. The normalized spacial score (nSPS) is 27.7. The molecule has 4 nitrogen and oxygen atoms in total. The molecule has 0 fully saturated rings. The van der Waals surface area contributed by atoms with Gasteiger partial charge in [-0.1, -0.05) is 37.9 Å². The van der Waals surface area contributed by atoms with Crippen molar-refractivity contribution in [3.63, 3.8) is 0 Å². The van der Waals surface area contributed by atoms with E-state index in [2.05, 4.69) is 82.7 Å². The number of aryl methyl sites for hydroxylation is 1. The second-order valence-electron chi connectivity index (χ2n) is 11.0. The molecule has 5 rings (SSSR count). The van der Waals surface area contributed by atoms with Crippen LogP contribution >= 0.6 is 0 Å². The van der Waals surface area contributed by atoms with Gasteiger partial charge >= 0.3 is 0 Å². The molecule has 1 aromatic heterocycles. The van der Waals surface area contributed by atoms with Crippen molar-refractivity contribution in [2.75, 3.05) is 14.1 Å². The Kier molecular flexibility index (Phi) is 5.73. The second-order valence-corrected chi connectivity index (χ2v) is 11.0. The smallest absolute Gasteiger partial charge is 0.116 e. The Labute approximate surface area is 215 Å². The molecule has 3 N–H and O–H groups in total. The summed E-state index contributed by atoms with van der Waals surface area (Å²) in [6.07, 6.45) is 5.50. The van der Waals surface area contributed by atoms with Crippen molar-refractivity contribution in [3.8, 4) is 11.1 Å². The van der Waals surface area contributed by atoms with Crippen LogP contribution in [-0.4, -0.2) is 40.7 Å². The zero-order valence-corrected chi connectivity index (χ0v) is 22.2. The minimum atomic E-state index is -1.20. The lowest BCUT2D eigenvalue weighted by Crippen LogP contribution is -2.58. The Balaban J connectivity index is 1.73. The predicted octanol–water partition coefficient (Wildman–Crippen LogP) is 5.60. The highest BCUT2D eigenvalue weighted by Crippen LogP contribution is 2.58. The third-order valence-corrected chi connectivity index (χ3v) is 8.89. The van der Waals surface area contributed by atoms with Gasteiger partial charge in [0, 0.05) is 41.2 Å². The van der Waals surface area contributed by atoms with Gasteiger partial charge in [0.1, 0.15) is 5.60 Å². The van der Waals surface area contributed by atoms with Crippen LogP contribution in [0.2, 0.25) is 0 Å². The first-order chi connectivity index (χ1) is 17.0. The van der Waals surface area contributed by atoms with Crippen LogP contribution in [0.1, 0.15) is 37.0 Å². The quantitative estimate of drug-likeness (QED) is 0.602. The molecule has 0 spiro atoms. The predicted molar refractivity (Wildman–Crippen MR) is 149 cm³/mol. The van der Waals surface area contributed by atoms with Gasteiger partial charge in [0.05, 0.1) is 0 Å². The number of aromatic nitrogens is 1. The first-order valence-corrected chi connectivity index (χ1v) is 12.7. The van der Waals surface area contributed by atoms with Gasteiger partial charge < -0.3 is 15.7 Å². The van der Waals surface area contributed by atoms with Crippen LogP contribution in [0.25, 0.3) is 16.7 Å². The molecule has 0 saturated carbocycles. The summed E-state index contributed by atoms with van der Waals surface area (Å²) in [7, 11) is 4.15. The number of nitrogens with zero attached hydrogens (tertiary/aromatic N) is 2. The molecule has 3 aliphatic rings. The van der Waals surface area contributed by atoms with Crippen molar-refractivity contribution in [2.45, 2.75) is 45.3 Å². The van der Waals surface area contributed by atoms with Gasteiger partial charge in [-0.3, -0.25) is 4.98 Å². The standard InChI is InChI=1S/C32H37N3O/c1-17-11-12-25(23-10-9-13-34-16-23)26-14-24-15-27-31(35(7)8)19(3)29(22(6)33)20(4)32(27,36)21(5)30(24)18(2)28(17)26/h9-13,16,24,27,31,36H,2,4,6,14-15,33H2,1,3,5,7-8H3/t24-,27-,31+,32+/m0/s1. The van der Waals surface area contributed by atoms with Crippen molar-refractivity contribution < 1.29 is 5.11 Å². The maximum Gasteiger partial charge on any atom is 0.116 e. The van der Waals surface area contributed by atoms with E-state index in [0.717, 1.165) is 40.7 Å². The molecule has 186 valence electrons. The summed E-state index contributed by atoms with van der Waals surface area (Å²) in [6, 6.07) is 8.53. The Morgan fingerprint density at radius 1 is 1.17 bits per heavy atom. The van der Waals surface area contributed by atoms with E-state index >= 15 is 0 Å². The molecule has 36 heavy (non-hydrogen) atoms. The van der Waals surface area contributed by atoms with E-state index in [0.29, 0.717) is 11.3 Å². The van der Waals surface area contributed by atoms with Gasteiger partial charge in [0.2, 0.25) is 0 Å². The molecule has 0 unspecified atom stereocenters. The molecule has 1 aromatic carbocycles. The van der Waals surface area contributed by atoms with Crippen LogP contribution in [-0.2, 0) is 6.42 Å². The van der Waals surface area contributed by atoms with Crippen molar-refractivity contribution in [1.29, 1.82) is 0 Å². The van der Waals surface area contributed by atoms with E-state index in [1.165, 1.54) is 27.8 Å². The largest absolute Gasteiger partial charge is 0.399 e. The lowest BCUT2D eigenvalue weighted by Gasteiger charge is -2.55. The van der Waals surface area contributed by atoms with E-state index in [4.69, 9.17) is 5.73 Å². The zero-order valence-electron chi connectivity index (χ0n) is 22.2. The maximum atomic E-state index is 12.5. The van der Waals surface area contributed by atoms with Crippen molar-refractivity contribution in [2.24, 2.45) is 17.6 Å². The van der Waals surface area contributed by atoms with Crippen LogP contribution in [0.4, 0.5) is 0 Å². The molecule has 0 aliphatic heterocycles. The summed E-state index contributed by atoms with van der Waals surface area (Å²) in [5.74, 6) is 0.219. The lowest BCUT2D eigenvalue weighted by molar-refractivity contribution is -0.00572. The van der Waals surface area contributed by atoms with E-state index in [9.17, 15) is 5.11 Å². The van der Waals surface area contributed by atoms with Crippen molar-refractivity contribution in [1.82, 2.24) is 9.88 Å². The molecule has 0 radical (unpaired) electrons. The Morgan fingerprint density at radius 2 is 1.89 bits per heavy atom. The SMILES string of the molecule is C=C(N)C1=C(C)[C@@H](N(C)C)[C@@H]2C[C@@H]3Cc4c(-c5cccnc5)ccc(C)c4C(=C)C3=C(C)[C@]2(O)C1=C. The molecule has 0 saturated heterocycles. The molecule has 3 aliphatic carbocycles. The van der Waals surface area contributed by atoms with Crippen LogP contribution in [0.5, 0.6) is 0 Å². The van der Waals surface area contributed by atoms with E-state index in [1.54, 1.807) is 0 Å². The van der Waals surface area contributed by atoms with E-state index in [1.807, 2.05) is 18.5 Å². The summed E-state index contributed by atoms with van der Waals surface area (Å²) >= 11 is 0. The summed E-state index contributed by atoms with van der Waals surface area (Å²) in [5.41, 5.74) is 17.4. The topological polar surface area (TPSA) is 62.4 Å². The number of likely N-dealkylation sites (N-methyl/N-ethyl adjacent to an activating group) is 1. The highest BCUT2D eigenvalue weighted by atomic mass is 16.3. The summed E-state index contributed by atoms with van der Waals surface area (Å²) in [4.78, 5) is 6.58. The number of hydrogen-bond donors (Lipinski definition) is 2. The highest BCUT2D eigenvalue weighted by molar-refractivity contribution is 5.89. The minimum Gasteiger partial charge on any atom is -0.399 e. The fourth-order valence-electron chi connectivity index (χ4n) is 7.49. The minimum absolute atomic E-state index is 0.0252. The van der Waals surface area contributed by atoms with Crippen molar-refractivity contribution in [3.05, 3.63) is 107 Å². The second kappa shape index (κ2) is 8.43. The van der Waals surface area contributed by atoms with Gasteiger partial charge in [-0.15, -0.1) is 0 Å². The Hall–Kier alpha value is -3.21. The number of fused-ring (bicyclic) bond motifs is 3. The number of rotatable bonds is 3. The van der Waals surface area contributed by atoms with Crippen LogP contribution in [0.15, 0.2) is 90.0 Å². The molecule has 4 atom stereocenters. The monoisotopic (exact) mass is 479 g/mol.